The number of rotatable bonds is 3. The van der Waals surface area contributed by atoms with Crippen molar-refractivity contribution in [3.63, 3.8) is 0 Å². The number of carbonyl (C=O) groups excluding carboxylic acids is 1. The van der Waals surface area contributed by atoms with Gasteiger partial charge in [-0.1, -0.05) is 30.7 Å². The van der Waals surface area contributed by atoms with E-state index in [4.69, 9.17) is 5.73 Å². The van der Waals surface area contributed by atoms with Crippen LogP contribution in [0, 0.1) is 24.7 Å². The van der Waals surface area contributed by atoms with Gasteiger partial charge in [-0.25, -0.2) is 0 Å². The molecular formula is C17H22N2O. The van der Waals surface area contributed by atoms with Crippen LogP contribution in [-0.4, -0.2) is 12.5 Å². The Bertz CT molecular complexity index is 534. The van der Waals surface area contributed by atoms with E-state index in [9.17, 15) is 4.79 Å². The molecule has 0 saturated heterocycles. The van der Waals surface area contributed by atoms with Crippen molar-refractivity contribution < 1.29 is 4.79 Å². The lowest BCUT2D eigenvalue weighted by molar-refractivity contribution is -0.117. The highest BCUT2D eigenvalue weighted by Crippen LogP contribution is 2.28. The smallest absolute Gasteiger partial charge is 0.224 e. The molecule has 1 aromatic rings. The average Bonchev–Trinajstić information content (AvgIpc) is 2.92. The first-order valence-electron chi connectivity index (χ1n) is 7.28. The summed E-state index contributed by atoms with van der Waals surface area (Å²) in [4.78, 5) is 12.1. The second-order valence-electron chi connectivity index (χ2n) is 5.44. The highest BCUT2D eigenvalue weighted by Gasteiger charge is 2.18. The highest BCUT2D eigenvalue weighted by molar-refractivity contribution is 5.91. The zero-order chi connectivity index (χ0) is 14.4. The second kappa shape index (κ2) is 7.12. The molecule has 3 N–H and O–H groups in total. The molecule has 0 radical (unpaired) electrons. The number of hydrogen-bond acceptors (Lipinski definition) is 2. The number of carbonyl (C=O) groups is 1. The molecule has 1 aliphatic rings. The van der Waals surface area contributed by atoms with Crippen molar-refractivity contribution in [2.75, 3.05) is 11.9 Å². The topological polar surface area (TPSA) is 55.1 Å². The van der Waals surface area contributed by atoms with Crippen LogP contribution < -0.4 is 11.1 Å². The minimum Gasteiger partial charge on any atom is -0.326 e. The maximum atomic E-state index is 12.1. The summed E-state index contributed by atoms with van der Waals surface area (Å²) in [5.74, 6) is 6.50. The van der Waals surface area contributed by atoms with Crippen LogP contribution in [0.25, 0.3) is 0 Å². The molecule has 1 amide bonds. The van der Waals surface area contributed by atoms with Crippen LogP contribution >= 0.6 is 0 Å². The van der Waals surface area contributed by atoms with Crippen LogP contribution in [0.3, 0.4) is 0 Å². The van der Waals surface area contributed by atoms with Gasteiger partial charge in [0.15, 0.2) is 0 Å². The predicted molar refractivity (Wildman–Crippen MR) is 82.3 cm³/mol. The molecule has 3 nitrogen and oxygen atoms in total. The molecule has 106 valence electrons. The lowest BCUT2D eigenvalue weighted by atomic mass is 10.0. The Kier molecular flexibility index (Phi) is 5.20. The third kappa shape index (κ3) is 4.11. The summed E-state index contributed by atoms with van der Waals surface area (Å²) in [6.45, 7) is 2.34. The van der Waals surface area contributed by atoms with E-state index in [2.05, 4.69) is 17.2 Å². The van der Waals surface area contributed by atoms with Gasteiger partial charge in [0.25, 0.3) is 0 Å². The molecule has 0 atom stereocenters. The first-order chi connectivity index (χ1) is 9.69. The van der Waals surface area contributed by atoms with Crippen molar-refractivity contribution in [2.45, 2.75) is 39.0 Å². The Labute approximate surface area is 120 Å². The summed E-state index contributed by atoms with van der Waals surface area (Å²) in [6, 6.07) is 5.85. The molecule has 1 aromatic carbocycles. The van der Waals surface area contributed by atoms with Crippen molar-refractivity contribution in [1.29, 1.82) is 0 Å². The number of nitrogens with one attached hydrogen (secondary N) is 1. The molecule has 1 saturated carbocycles. The number of hydrogen-bond donors (Lipinski definition) is 2. The minimum atomic E-state index is 0.115. The highest BCUT2D eigenvalue weighted by atomic mass is 16.1. The van der Waals surface area contributed by atoms with E-state index in [1.165, 1.54) is 25.7 Å². The molecule has 0 unspecified atom stereocenters. The number of aryl methyl sites for hydroxylation is 1. The van der Waals surface area contributed by atoms with Gasteiger partial charge in [-0.2, -0.15) is 0 Å². The van der Waals surface area contributed by atoms with Gasteiger partial charge < -0.3 is 11.1 Å². The first kappa shape index (κ1) is 14.6. The number of amides is 1. The van der Waals surface area contributed by atoms with Crippen LogP contribution in [-0.2, 0) is 4.79 Å². The molecule has 1 aliphatic carbocycles. The van der Waals surface area contributed by atoms with E-state index in [-0.39, 0.29) is 5.91 Å². The van der Waals surface area contributed by atoms with Crippen molar-refractivity contribution in [3.05, 3.63) is 29.3 Å². The molecule has 2 rings (SSSR count). The Morgan fingerprint density at radius 2 is 2.15 bits per heavy atom. The van der Waals surface area contributed by atoms with E-state index < -0.39 is 0 Å². The van der Waals surface area contributed by atoms with Gasteiger partial charge in [0.2, 0.25) is 5.91 Å². The molecule has 0 heterocycles. The maximum absolute atomic E-state index is 12.1. The van der Waals surface area contributed by atoms with Gasteiger partial charge in [0, 0.05) is 17.7 Å². The van der Waals surface area contributed by atoms with E-state index in [0.29, 0.717) is 18.9 Å². The number of benzene rings is 1. The molecule has 0 aromatic heterocycles. The van der Waals surface area contributed by atoms with Crippen molar-refractivity contribution in [1.82, 2.24) is 0 Å². The second-order valence-corrected chi connectivity index (χ2v) is 5.44. The molecule has 1 fully saturated rings. The number of anilines is 1. The Hall–Kier alpha value is -1.79. The third-order valence-electron chi connectivity index (χ3n) is 3.80. The predicted octanol–water partition coefficient (Wildman–Crippen LogP) is 2.82. The zero-order valence-corrected chi connectivity index (χ0v) is 12.0. The summed E-state index contributed by atoms with van der Waals surface area (Å²) in [6.07, 6.45) is 5.54. The minimum absolute atomic E-state index is 0.115. The molecular weight excluding hydrogens is 248 g/mol. The summed E-state index contributed by atoms with van der Waals surface area (Å²) in [5, 5.41) is 3.02. The standard InChI is InChI=1S/C17H22N2O/c1-13-8-9-15(7-4-10-18)11-16(13)19-17(20)12-14-5-2-3-6-14/h8-9,11,14H,2-3,5-6,10,12,18H2,1H3,(H,19,20). The van der Waals surface area contributed by atoms with E-state index in [1.807, 2.05) is 25.1 Å². The fraction of sp³-hybridized carbons (Fsp3) is 0.471. The largest absolute Gasteiger partial charge is 0.326 e. The first-order valence-corrected chi connectivity index (χ1v) is 7.28. The molecule has 0 spiro atoms. The van der Waals surface area contributed by atoms with Gasteiger partial charge in [-0.05, 0) is 43.4 Å². The zero-order valence-electron chi connectivity index (χ0n) is 12.0. The van der Waals surface area contributed by atoms with Crippen LogP contribution in [0.5, 0.6) is 0 Å². The van der Waals surface area contributed by atoms with Crippen LogP contribution in [0.15, 0.2) is 18.2 Å². The van der Waals surface area contributed by atoms with Crippen molar-refractivity contribution >= 4 is 11.6 Å². The third-order valence-corrected chi connectivity index (χ3v) is 3.80. The number of nitrogens with two attached hydrogens (primary N) is 1. The SMILES string of the molecule is Cc1ccc(C#CCN)cc1NC(=O)CC1CCCC1. The lowest BCUT2D eigenvalue weighted by Gasteiger charge is -2.11. The van der Waals surface area contributed by atoms with Gasteiger partial charge in [0.1, 0.15) is 0 Å². The van der Waals surface area contributed by atoms with Gasteiger partial charge in [-0.15, -0.1) is 0 Å². The molecule has 20 heavy (non-hydrogen) atoms. The summed E-state index contributed by atoms with van der Waals surface area (Å²) in [7, 11) is 0. The van der Waals surface area contributed by atoms with Gasteiger partial charge >= 0.3 is 0 Å². The Morgan fingerprint density at radius 1 is 1.40 bits per heavy atom. The molecule has 0 bridgehead atoms. The van der Waals surface area contributed by atoms with Gasteiger partial charge in [-0.3, -0.25) is 4.79 Å². The van der Waals surface area contributed by atoms with Crippen LogP contribution in [0.2, 0.25) is 0 Å². The normalized spacial score (nSPS) is 14.7. The Balaban J connectivity index is 2.01. The van der Waals surface area contributed by atoms with E-state index in [0.717, 1.165) is 16.8 Å². The van der Waals surface area contributed by atoms with E-state index in [1.54, 1.807) is 0 Å². The van der Waals surface area contributed by atoms with E-state index >= 15 is 0 Å². The summed E-state index contributed by atoms with van der Waals surface area (Å²) >= 11 is 0. The molecule has 3 heteroatoms. The quantitative estimate of drug-likeness (QED) is 0.830. The van der Waals surface area contributed by atoms with Crippen molar-refractivity contribution in [3.8, 4) is 11.8 Å². The fourth-order valence-electron chi connectivity index (χ4n) is 2.67. The van der Waals surface area contributed by atoms with Gasteiger partial charge in [0.05, 0.1) is 6.54 Å². The maximum Gasteiger partial charge on any atom is 0.224 e. The molecule has 0 aliphatic heterocycles. The summed E-state index contributed by atoms with van der Waals surface area (Å²) in [5.41, 5.74) is 8.18. The fourth-order valence-corrected chi connectivity index (χ4v) is 2.67. The average molecular weight is 270 g/mol. The van der Waals surface area contributed by atoms with Crippen LogP contribution in [0.1, 0.15) is 43.2 Å². The van der Waals surface area contributed by atoms with Crippen LogP contribution in [0.4, 0.5) is 5.69 Å². The summed E-state index contributed by atoms with van der Waals surface area (Å²) < 4.78 is 0. The lowest BCUT2D eigenvalue weighted by Crippen LogP contribution is -2.15. The Morgan fingerprint density at radius 3 is 2.85 bits per heavy atom. The van der Waals surface area contributed by atoms with Crippen molar-refractivity contribution in [2.24, 2.45) is 11.7 Å². The monoisotopic (exact) mass is 270 g/mol.